The molecule has 0 radical (unpaired) electrons. The Hall–Kier alpha value is -1.55. The van der Waals surface area contributed by atoms with E-state index in [0.717, 1.165) is 25.1 Å². The van der Waals surface area contributed by atoms with Crippen LogP contribution in [0, 0.1) is 5.92 Å². The van der Waals surface area contributed by atoms with E-state index in [1.807, 2.05) is 19.2 Å². The van der Waals surface area contributed by atoms with Crippen LogP contribution in [0.3, 0.4) is 0 Å². The van der Waals surface area contributed by atoms with Gasteiger partial charge in [-0.1, -0.05) is 12.1 Å². The van der Waals surface area contributed by atoms with Gasteiger partial charge in [-0.15, -0.1) is 0 Å². The van der Waals surface area contributed by atoms with Crippen molar-refractivity contribution in [1.29, 1.82) is 0 Å². The minimum atomic E-state index is 0.122. The molecule has 1 unspecified atom stereocenters. The van der Waals surface area contributed by atoms with E-state index in [0.29, 0.717) is 6.54 Å². The predicted molar refractivity (Wildman–Crippen MR) is 65.6 cm³/mol. The molecule has 0 spiro atoms. The Balaban J connectivity index is 1.93. The first-order chi connectivity index (χ1) is 8.16. The molecule has 4 heteroatoms. The van der Waals surface area contributed by atoms with Crippen LogP contribution in [-0.2, 0) is 11.3 Å². The molecule has 2 rings (SSSR count). The second-order valence-corrected chi connectivity index (χ2v) is 4.55. The minimum absolute atomic E-state index is 0.122. The lowest BCUT2D eigenvalue weighted by molar-refractivity contribution is -0.134. The molecule has 2 N–H and O–H groups in total. The van der Waals surface area contributed by atoms with Crippen molar-refractivity contribution in [3.8, 4) is 5.75 Å². The van der Waals surface area contributed by atoms with Crippen LogP contribution in [0.15, 0.2) is 24.3 Å². The van der Waals surface area contributed by atoms with Crippen LogP contribution in [0.2, 0.25) is 0 Å². The number of phenols is 1. The molecule has 1 saturated heterocycles. The van der Waals surface area contributed by atoms with Gasteiger partial charge in [0.25, 0.3) is 0 Å². The maximum Gasteiger partial charge on any atom is 0.227 e. The molecule has 17 heavy (non-hydrogen) atoms. The maximum atomic E-state index is 12.1. The first kappa shape index (κ1) is 11.9. The summed E-state index contributed by atoms with van der Waals surface area (Å²) in [6.07, 6.45) is 0.929. The van der Waals surface area contributed by atoms with Crippen molar-refractivity contribution < 1.29 is 9.90 Å². The van der Waals surface area contributed by atoms with Gasteiger partial charge in [0.1, 0.15) is 5.75 Å². The zero-order chi connectivity index (χ0) is 12.3. The lowest BCUT2D eigenvalue weighted by Crippen LogP contribution is -2.33. The quantitative estimate of drug-likeness (QED) is 0.819. The number of nitrogens with one attached hydrogen (secondary N) is 1. The normalized spacial score (nSPS) is 19.2. The summed E-state index contributed by atoms with van der Waals surface area (Å²) >= 11 is 0. The van der Waals surface area contributed by atoms with E-state index in [2.05, 4.69) is 5.32 Å². The molecule has 1 aromatic carbocycles. The first-order valence-corrected chi connectivity index (χ1v) is 5.90. The van der Waals surface area contributed by atoms with Crippen molar-refractivity contribution in [3.05, 3.63) is 29.8 Å². The van der Waals surface area contributed by atoms with Crippen molar-refractivity contribution in [1.82, 2.24) is 10.2 Å². The number of amides is 1. The summed E-state index contributed by atoms with van der Waals surface area (Å²) in [5, 5.41) is 12.4. The molecular weight excluding hydrogens is 216 g/mol. The topological polar surface area (TPSA) is 52.6 Å². The highest BCUT2D eigenvalue weighted by atomic mass is 16.3. The van der Waals surface area contributed by atoms with E-state index >= 15 is 0 Å². The van der Waals surface area contributed by atoms with Crippen LogP contribution in [0.25, 0.3) is 0 Å². The summed E-state index contributed by atoms with van der Waals surface area (Å²) in [5.74, 6) is 0.572. The van der Waals surface area contributed by atoms with Gasteiger partial charge < -0.3 is 15.3 Å². The fourth-order valence-corrected chi connectivity index (χ4v) is 2.13. The molecule has 0 aliphatic carbocycles. The van der Waals surface area contributed by atoms with E-state index in [9.17, 15) is 9.90 Å². The number of benzene rings is 1. The number of aromatic hydroxyl groups is 1. The number of hydrogen-bond donors (Lipinski definition) is 2. The number of rotatable bonds is 3. The fourth-order valence-electron chi connectivity index (χ4n) is 2.13. The van der Waals surface area contributed by atoms with Gasteiger partial charge in [-0.05, 0) is 30.7 Å². The molecular formula is C13H18N2O2. The number of phenolic OH excluding ortho intramolecular Hbond substituents is 1. The molecule has 0 bridgehead atoms. The largest absolute Gasteiger partial charge is 0.508 e. The van der Waals surface area contributed by atoms with Crippen molar-refractivity contribution in [2.45, 2.75) is 13.0 Å². The Kier molecular flexibility index (Phi) is 3.64. The molecule has 92 valence electrons. The predicted octanol–water partition coefficient (Wildman–Crippen LogP) is 0.960. The summed E-state index contributed by atoms with van der Waals surface area (Å²) in [6.45, 7) is 2.32. The van der Waals surface area contributed by atoms with E-state index in [1.165, 1.54) is 0 Å². The molecule has 1 aliphatic rings. The van der Waals surface area contributed by atoms with E-state index in [-0.39, 0.29) is 17.6 Å². The summed E-state index contributed by atoms with van der Waals surface area (Å²) in [7, 11) is 1.83. The number of hydrogen-bond acceptors (Lipinski definition) is 3. The number of carbonyl (C=O) groups is 1. The highest BCUT2D eigenvalue weighted by molar-refractivity contribution is 5.79. The van der Waals surface area contributed by atoms with Crippen molar-refractivity contribution in [3.63, 3.8) is 0 Å². The third-order valence-electron chi connectivity index (χ3n) is 3.14. The second-order valence-electron chi connectivity index (χ2n) is 4.55. The summed E-state index contributed by atoms with van der Waals surface area (Å²) in [5.41, 5.74) is 1.03. The minimum Gasteiger partial charge on any atom is -0.508 e. The maximum absolute atomic E-state index is 12.1. The van der Waals surface area contributed by atoms with E-state index in [4.69, 9.17) is 0 Å². The SMILES string of the molecule is CN(Cc1ccc(O)cc1)C(=O)C1CCNC1. The Morgan fingerprint density at radius 1 is 1.47 bits per heavy atom. The van der Waals surface area contributed by atoms with Gasteiger partial charge in [0.15, 0.2) is 0 Å². The first-order valence-electron chi connectivity index (χ1n) is 5.90. The third-order valence-corrected chi connectivity index (χ3v) is 3.14. The van der Waals surface area contributed by atoms with Crippen LogP contribution in [0.4, 0.5) is 0 Å². The Labute approximate surface area is 101 Å². The highest BCUT2D eigenvalue weighted by Crippen LogP contribution is 2.15. The average molecular weight is 234 g/mol. The zero-order valence-electron chi connectivity index (χ0n) is 10.0. The molecule has 1 aromatic rings. The van der Waals surface area contributed by atoms with Crippen molar-refractivity contribution in [2.75, 3.05) is 20.1 Å². The van der Waals surface area contributed by atoms with Gasteiger partial charge in [-0.2, -0.15) is 0 Å². The Bertz CT molecular complexity index is 383. The van der Waals surface area contributed by atoms with E-state index < -0.39 is 0 Å². The smallest absolute Gasteiger partial charge is 0.227 e. The van der Waals surface area contributed by atoms with Crippen LogP contribution >= 0.6 is 0 Å². The molecule has 1 amide bonds. The molecule has 1 fully saturated rings. The zero-order valence-corrected chi connectivity index (χ0v) is 10.0. The standard InChI is InChI=1S/C13H18N2O2/c1-15(13(17)11-6-7-14-8-11)9-10-2-4-12(16)5-3-10/h2-5,11,14,16H,6-9H2,1H3. The molecule has 1 heterocycles. The second kappa shape index (κ2) is 5.19. The highest BCUT2D eigenvalue weighted by Gasteiger charge is 2.25. The van der Waals surface area contributed by atoms with Crippen LogP contribution in [0.1, 0.15) is 12.0 Å². The lowest BCUT2D eigenvalue weighted by Gasteiger charge is -2.20. The fraction of sp³-hybridized carbons (Fsp3) is 0.462. The van der Waals surface area contributed by atoms with Crippen LogP contribution in [-0.4, -0.2) is 36.1 Å². The van der Waals surface area contributed by atoms with Crippen molar-refractivity contribution >= 4 is 5.91 Å². The van der Waals surface area contributed by atoms with Gasteiger partial charge in [0.05, 0.1) is 5.92 Å². The Morgan fingerprint density at radius 3 is 2.76 bits per heavy atom. The van der Waals surface area contributed by atoms with Gasteiger partial charge in [-0.3, -0.25) is 4.79 Å². The van der Waals surface area contributed by atoms with Gasteiger partial charge in [0.2, 0.25) is 5.91 Å². The lowest BCUT2D eigenvalue weighted by atomic mass is 10.1. The van der Waals surface area contributed by atoms with Crippen molar-refractivity contribution in [2.24, 2.45) is 5.92 Å². The number of carbonyl (C=O) groups excluding carboxylic acids is 1. The molecule has 1 aliphatic heterocycles. The van der Waals surface area contributed by atoms with Crippen LogP contribution in [0.5, 0.6) is 5.75 Å². The van der Waals surface area contributed by atoms with Gasteiger partial charge in [-0.25, -0.2) is 0 Å². The molecule has 1 atom stereocenters. The van der Waals surface area contributed by atoms with E-state index in [1.54, 1.807) is 17.0 Å². The summed E-state index contributed by atoms with van der Waals surface area (Å²) in [4.78, 5) is 13.8. The molecule has 0 saturated carbocycles. The van der Waals surface area contributed by atoms with Crippen LogP contribution < -0.4 is 5.32 Å². The average Bonchev–Trinajstić information content (AvgIpc) is 2.84. The molecule has 4 nitrogen and oxygen atoms in total. The summed E-state index contributed by atoms with van der Waals surface area (Å²) in [6, 6.07) is 6.97. The summed E-state index contributed by atoms with van der Waals surface area (Å²) < 4.78 is 0. The third kappa shape index (κ3) is 2.97. The van der Waals surface area contributed by atoms with Gasteiger partial charge in [0, 0.05) is 20.1 Å². The number of nitrogens with zero attached hydrogens (tertiary/aromatic N) is 1. The molecule has 0 aromatic heterocycles. The monoisotopic (exact) mass is 234 g/mol. The van der Waals surface area contributed by atoms with Gasteiger partial charge >= 0.3 is 0 Å². The Morgan fingerprint density at radius 2 is 2.18 bits per heavy atom.